The number of esters is 1. The number of carbonyl (C=O) groups excluding carboxylic acids is 3. The molecule has 0 saturated heterocycles. The van der Waals surface area contributed by atoms with Gasteiger partial charge in [-0.15, -0.1) is 0 Å². The first-order valence-corrected chi connectivity index (χ1v) is 11.4. The Morgan fingerprint density at radius 2 is 1.61 bits per heavy atom. The Morgan fingerprint density at radius 3 is 2.12 bits per heavy atom. The van der Waals surface area contributed by atoms with Gasteiger partial charge in [-0.2, -0.15) is 0 Å². The molecule has 0 aliphatic carbocycles. The van der Waals surface area contributed by atoms with Crippen molar-refractivity contribution in [2.45, 2.75) is 79.0 Å². The topological polar surface area (TPSA) is 93.7 Å². The van der Waals surface area contributed by atoms with Crippen LogP contribution in [0.3, 0.4) is 0 Å². The van der Waals surface area contributed by atoms with Crippen LogP contribution in [0, 0.1) is 11.8 Å². The average molecular weight is 461 g/mol. The highest BCUT2D eigenvalue weighted by atomic mass is 16.6. The molecule has 7 heteroatoms. The number of methoxy groups -OCH3 is 1. The van der Waals surface area contributed by atoms with Crippen LogP contribution in [0.15, 0.2) is 42.0 Å². The number of hydrogen-bond acceptors (Lipinski definition) is 5. The standard InChI is InChI=1S/C26H40N2O5/c1-17(2)14-22(24(30)32-8)27-23(29)19(4)15-18(3)21(16-20-12-10-9-11-13-20)28-25(31)33-26(5,6)7/h9-13,15,17,19,21-22H,14,16H2,1-8H3,(H,27,29)(H,28,31)/b18-15+/t19-,21+,22+/m1/s1. The molecule has 0 heterocycles. The summed E-state index contributed by atoms with van der Waals surface area (Å²) in [6.07, 6.45) is 2.33. The zero-order valence-electron chi connectivity index (χ0n) is 21.2. The molecule has 0 unspecified atom stereocenters. The van der Waals surface area contributed by atoms with Gasteiger partial charge < -0.3 is 20.1 Å². The fourth-order valence-electron chi connectivity index (χ4n) is 3.34. The monoisotopic (exact) mass is 460 g/mol. The lowest BCUT2D eigenvalue weighted by Gasteiger charge is -2.25. The minimum absolute atomic E-state index is 0.218. The highest BCUT2D eigenvalue weighted by molar-refractivity contribution is 5.86. The molecule has 0 saturated carbocycles. The van der Waals surface area contributed by atoms with Crippen LogP contribution in [0.4, 0.5) is 4.79 Å². The lowest BCUT2D eigenvalue weighted by atomic mass is 9.96. The zero-order chi connectivity index (χ0) is 25.2. The van der Waals surface area contributed by atoms with Crippen LogP contribution < -0.4 is 10.6 Å². The molecule has 184 valence electrons. The van der Waals surface area contributed by atoms with Crippen molar-refractivity contribution >= 4 is 18.0 Å². The van der Waals surface area contributed by atoms with Crippen molar-refractivity contribution in [2.24, 2.45) is 11.8 Å². The first kappa shape index (κ1) is 28.2. The van der Waals surface area contributed by atoms with E-state index >= 15 is 0 Å². The van der Waals surface area contributed by atoms with Gasteiger partial charge in [0.15, 0.2) is 0 Å². The van der Waals surface area contributed by atoms with E-state index in [1.807, 2.05) is 78.0 Å². The predicted octanol–water partition coefficient (Wildman–Crippen LogP) is 4.41. The van der Waals surface area contributed by atoms with Gasteiger partial charge in [0, 0.05) is 0 Å². The molecule has 7 nitrogen and oxygen atoms in total. The number of benzene rings is 1. The van der Waals surface area contributed by atoms with E-state index in [4.69, 9.17) is 9.47 Å². The lowest BCUT2D eigenvalue weighted by Crippen LogP contribution is -2.44. The van der Waals surface area contributed by atoms with E-state index in [1.165, 1.54) is 7.11 Å². The molecule has 2 N–H and O–H groups in total. The van der Waals surface area contributed by atoms with E-state index in [9.17, 15) is 14.4 Å². The summed E-state index contributed by atoms with van der Waals surface area (Å²) in [6.45, 7) is 13.0. The van der Waals surface area contributed by atoms with Crippen molar-refractivity contribution in [1.82, 2.24) is 10.6 Å². The van der Waals surface area contributed by atoms with Gasteiger partial charge >= 0.3 is 12.1 Å². The second-order valence-corrected chi connectivity index (χ2v) is 9.80. The molecule has 3 atom stereocenters. The molecular weight excluding hydrogens is 420 g/mol. The van der Waals surface area contributed by atoms with Crippen LogP contribution in [0.25, 0.3) is 0 Å². The number of amides is 2. The maximum absolute atomic E-state index is 12.8. The van der Waals surface area contributed by atoms with Crippen LogP contribution in [-0.4, -0.2) is 42.8 Å². The number of nitrogens with one attached hydrogen (secondary N) is 2. The summed E-state index contributed by atoms with van der Waals surface area (Å²) in [6, 6.07) is 8.74. The Balaban J connectivity index is 3.01. The van der Waals surface area contributed by atoms with Crippen LogP contribution in [0.5, 0.6) is 0 Å². The molecule has 0 aromatic heterocycles. The highest BCUT2D eigenvalue weighted by Gasteiger charge is 2.26. The molecule has 33 heavy (non-hydrogen) atoms. The maximum Gasteiger partial charge on any atom is 0.408 e. The molecule has 0 fully saturated rings. The number of carbonyl (C=O) groups is 3. The Morgan fingerprint density at radius 1 is 1.00 bits per heavy atom. The Labute approximate surface area is 198 Å². The van der Waals surface area contributed by atoms with E-state index in [0.717, 1.165) is 11.1 Å². The van der Waals surface area contributed by atoms with E-state index in [-0.39, 0.29) is 17.9 Å². The molecule has 1 rings (SSSR count). The fraction of sp³-hybridized carbons (Fsp3) is 0.577. The Hall–Kier alpha value is -2.83. The lowest BCUT2D eigenvalue weighted by molar-refractivity contribution is -0.145. The van der Waals surface area contributed by atoms with Gasteiger partial charge in [-0.05, 0) is 52.0 Å². The maximum atomic E-state index is 12.8. The first-order valence-electron chi connectivity index (χ1n) is 11.4. The highest BCUT2D eigenvalue weighted by Crippen LogP contribution is 2.16. The minimum Gasteiger partial charge on any atom is -0.467 e. The summed E-state index contributed by atoms with van der Waals surface area (Å²) >= 11 is 0. The van der Waals surface area contributed by atoms with Crippen molar-refractivity contribution in [2.75, 3.05) is 7.11 Å². The zero-order valence-corrected chi connectivity index (χ0v) is 21.2. The normalized spacial score (nSPS) is 14.8. The van der Waals surface area contributed by atoms with Gasteiger partial charge in [0.2, 0.25) is 5.91 Å². The van der Waals surface area contributed by atoms with Crippen molar-refractivity contribution in [3.8, 4) is 0 Å². The molecule has 2 amide bonds. The van der Waals surface area contributed by atoms with Crippen LogP contribution in [0.1, 0.15) is 60.5 Å². The third kappa shape index (κ3) is 11.0. The Kier molecular flexibility index (Phi) is 11.1. The molecule has 0 aliphatic heterocycles. The second-order valence-electron chi connectivity index (χ2n) is 9.80. The second kappa shape index (κ2) is 13.0. The molecule has 0 bridgehead atoms. The molecule has 0 aliphatic rings. The number of rotatable bonds is 10. The predicted molar refractivity (Wildman–Crippen MR) is 130 cm³/mol. The van der Waals surface area contributed by atoms with Crippen molar-refractivity contribution in [3.63, 3.8) is 0 Å². The SMILES string of the molecule is COC(=O)[C@H](CC(C)C)NC(=O)[C@H](C)/C=C(\C)[C@H](Cc1ccccc1)NC(=O)OC(C)(C)C. The van der Waals surface area contributed by atoms with Crippen molar-refractivity contribution < 1.29 is 23.9 Å². The van der Waals surface area contributed by atoms with E-state index < -0.39 is 29.6 Å². The van der Waals surface area contributed by atoms with E-state index in [1.54, 1.807) is 6.92 Å². The average Bonchev–Trinajstić information content (AvgIpc) is 2.71. The minimum atomic E-state index is -0.696. The summed E-state index contributed by atoms with van der Waals surface area (Å²) in [5.41, 5.74) is 1.25. The van der Waals surface area contributed by atoms with Crippen molar-refractivity contribution in [1.29, 1.82) is 0 Å². The van der Waals surface area contributed by atoms with E-state index in [0.29, 0.717) is 12.8 Å². The summed E-state index contributed by atoms with van der Waals surface area (Å²) in [5, 5.41) is 5.72. The van der Waals surface area contributed by atoms with Gasteiger partial charge in [0.25, 0.3) is 0 Å². The Bertz CT molecular complexity index is 812. The molecule has 1 aromatic carbocycles. The van der Waals surface area contributed by atoms with Crippen molar-refractivity contribution in [3.05, 3.63) is 47.5 Å². The number of alkyl carbamates (subject to hydrolysis) is 1. The quantitative estimate of drug-likeness (QED) is 0.398. The van der Waals surface area contributed by atoms with Gasteiger partial charge in [0.1, 0.15) is 11.6 Å². The molecule has 0 spiro atoms. The smallest absolute Gasteiger partial charge is 0.408 e. The summed E-state index contributed by atoms with van der Waals surface area (Å²) in [4.78, 5) is 37.3. The van der Waals surface area contributed by atoms with Crippen LogP contribution >= 0.6 is 0 Å². The van der Waals surface area contributed by atoms with E-state index in [2.05, 4.69) is 10.6 Å². The fourth-order valence-corrected chi connectivity index (χ4v) is 3.34. The number of ether oxygens (including phenoxy) is 2. The van der Waals surface area contributed by atoms with Gasteiger partial charge in [0.05, 0.1) is 19.1 Å². The summed E-state index contributed by atoms with van der Waals surface area (Å²) in [7, 11) is 1.31. The van der Waals surface area contributed by atoms with Crippen LogP contribution in [-0.2, 0) is 25.5 Å². The van der Waals surface area contributed by atoms with Gasteiger partial charge in [-0.25, -0.2) is 9.59 Å². The largest absolute Gasteiger partial charge is 0.467 e. The van der Waals surface area contributed by atoms with Gasteiger partial charge in [-0.1, -0.05) is 62.8 Å². The third-order valence-corrected chi connectivity index (χ3v) is 4.96. The third-order valence-electron chi connectivity index (χ3n) is 4.96. The summed E-state index contributed by atoms with van der Waals surface area (Å²) < 4.78 is 10.3. The number of hydrogen-bond donors (Lipinski definition) is 2. The molecule has 1 aromatic rings. The summed E-state index contributed by atoms with van der Waals surface area (Å²) in [5.74, 6) is -1.03. The van der Waals surface area contributed by atoms with Gasteiger partial charge in [-0.3, -0.25) is 4.79 Å². The molecular formula is C26H40N2O5. The molecule has 0 radical (unpaired) electrons. The first-order chi connectivity index (χ1) is 15.3. The van der Waals surface area contributed by atoms with Crippen LogP contribution in [0.2, 0.25) is 0 Å².